The number of amides is 1. The van der Waals surface area contributed by atoms with Crippen molar-refractivity contribution in [3.63, 3.8) is 0 Å². The average Bonchev–Trinajstić information content (AvgIpc) is 2.75. The maximum atomic E-state index is 12.6. The summed E-state index contributed by atoms with van der Waals surface area (Å²) < 4.78 is 0. The third kappa shape index (κ3) is 3.83. The molecule has 1 N–H and O–H groups in total. The van der Waals surface area contributed by atoms with Gasteiger partial charge in [0.25, 0.3) is 5.91 Å². The van der Waals surface area contributed by atoms with Gasteiger partial charge in [-0.2, -0.15) is 0 Å². The van der Waals surface area contributed by atoms with Crippen molar-refractivity contribution in [1.29, 1.82) is 0 Å². The maximum Gasteiger partial charge on any atom is 0.255 e. The molecule has 5 nitrogen and oxygen atoms in total. The van der Waals surface area contributed by atoms with E-state index in [1.165, 1.54) is 0 Å². The van der Waals surface area contributed by atoms with Crippen molar-refractivity contribution < 1.29 is 4.79 Å². The lowest BCUT2D eigenvalue weighted by molar-refractivity contribution is 0.0784. The van der Waals surface area contributed by atoms with Gasteiger partial charge in [-0.25, -0.2) is 4.98 Å². The molecule has 0 spiro atoms. The highest BCUT2D eigenvalue weighted by Crippen LogP contribution is 2.23. The zero-order chi connectivity index (χ0) is 19.3. The van der Waals surface area contributed by atoms with E-state index in [4.69, 9.17) is 0 Å². The van der Waals surface area contributed by atoms with Crippen molar-refractivity contribution in [3.8, 4) is 0 Å². The number of anilines is 2. The second-order valence-corrected chi connectivity index (χ2v) is 6.58. The quantitative estimate of drug-likeness (QED) is 0.557. The molecule has 0 radical (unpaired) electrons. The first-order valence-electron chi connectivity index (χ1n) is 9.07. The van der Waals surface area contributed by atoms with Crippen LogP contribution in [0.5, 0.6) is 0 Å². The number of carbonyl (C=O) groups excluding carboxylic acids is 1. The average molecular weight is 368 g/mol. The molecular formula is C23H20N4O. The summed E-state index contributed by atoms with van der Waals surface area (Å²) in [4.78, 5) is 23.2. The topological polar surface area (TPSA) is 58.1 Å². The van der Waals surface area contributed by atoms with E-state index in [2.05, 4.69) is 15.3 Å². The van der Waals surface area contributed by atoms with E-state index in [9.17, 15) is 4.79 Å². The molecule has 4 rings (SSSR count). The van der Waals surface area contributed by atoms with Crippen LogP contribution in [0, 0.1) is 0 Å². The van der Waals surface area contributed by atoms with E-state index < -0.39 is 0 Å². The molecule has 2 aromatic carbocycles. The number of carbonyl (C=O) groups is 1. The van der Waals surface area contributed by atoms with E-state index >= 15 is 0 Å². The number of fused-ring (bicyclic) bond motifs is 1. The van der Waals surface area contributed by atoms with E-state index in [1.54, 1.807) is 30.4 Å². The maximum absolute atomic E-state index is 12.6. The Bertz CT molecular complexity index is 1090. The molecule has 1 amide bonds. The van der Waals surface area contributed by atoms with Crippen molar-refractivity contribution >= 4 is 28.3 Å². The van der Waals surface area contributed by atoms with Gasteiger partial charge < -0.3 is 10.2 Å². The number of pyridine rings is 2. The Morgan fingerprint density at radius 2 is 1.75 bits per heavy atom. The van der Waals surface area contributed by atoms with Crippen LogP contribution >= 0.6 is 0 Å². The number of hydrogen-bond donors (Lipinski definition) is 1. The van der Waals surface area contributed by atoms with Gasteiger partial charge in [-0.3, -0.25) is 9.78 Å². The van der Waals surface area contributed by atoms with Crippen LogP contribution in [-0.4, -0.2) is 27.8 Å². The van der Waals surface area contributed by atoms with E-state index in [0.717, 1.165) is 22.2 Å². The largest absolute Gasteiger partial charge is 0.338 e. The molecule has 0 aliphatic heterocycles. The number of benzene rings is 2. The first kappa shape index (κ1) is 17.7. The van der Waals surface area contributed by atoms with Crippen molar-refractivity contribution in [1.82, 2.24) is 14.9 Å². The van der Waals surface area contributed by atoms with Gasteiger partial charge in [0.15, 0.2) is 0 Å². The van der Waals surface area contributed by atoms with Crippen molar-refractivity contribution in [2.75, 3.05) is 12.4 Å². The first-order valence-corrected chi connectivity index (χ1v) is 9.07. The first-order chi connectivity index (χ1) is 13.7. The lowest BCUT2D eigenvalue weighted by atomic mass is 10.2. The number of para-hydroxylation sites is 1. The zero-order valence-corrected chi connectivity index (χ0v) is 15.5. The van der Waals surface area contributed by atoms with Gasteiger partial charge in [0.05, 0.1) is 16.8 Å². The Labute approximate surface area is 163 Å². The minimum absolute atomic E-state index is 0.0604. The fraction of sp³-hybridized carbons (Fsp3) is 0.0870. The van der Waals surface area contributed by atoms with E-state index in [1.807, 2.05) is 66.7 Å². The summed E-state index contributed by atoms with van der Waals surface area (Å²) in [5.41, 5.74) is 3.41. The smallest absolute Gasteiger partial charge is 0.255 e. The van der Waals surface area contributed by atoms with Crippen molar-refractivity contribution in [2.24, 2.45) is 0 Å². The van der Waals surface area contributed by atoms with Gasteiger partial charge in [-0.15, -0.1) is 0 Å². The van der Waals surface area contributed by atoms with Crippen LogP contribution in [0.2, 0.25) is 0 Å². The molecule has 0 atom stereocenters. The Morgan fingerprint density at radius 1 is 0.929 bits per heavy atom. The highest BCUT2D eigenvalue weighted by atomic mass is 16.2. The van der Waals surface area contributed by atoms with Crippen LogP contribution in [0.4, 0.5) is 11.5 Å². The molecule has 0 saturated heterocycles. The van der Waals surface area contributed by atoms with Crippen LogP contribution in [0.25, 0.3) is 10.9 Å². The summed E-state index contributed by atoms with van der Waals surface area (Å²) in [5, 5.41) is 4.34. The minimum Gasteiger partial charge on any atom is -0.338 e. The fourth-order valence-corrected chi connectivity index (χ4v) is 3.09. The molecule has 0 fully saturated rings. The third-order valence-corrected chi connectivity index (χ3v) is 4.52. The molecule has 4 aromatic rings. The Morgan fingerprint density at radius 3 is 2.54 bits per heavy atom. The lowest BCUT2D eigenvalue weighted by Gasteiger charge is -2.17. The van der Waals surface area contributed by atoms with E-state index in [-0.39, 0.29) is 5.91 Å². The summed E-state index contributed by atoms with van der Waals surface area (Å²) in [6.07, 6.45) is 3.37. The van der Waals surface area contributed by atoms with Crippen molar-refractivity contribution in [2.45, 2.75) is 6.54 Å². The standard InChI is InChI=1S/C23H20N4O/c1-27(16-17-7-3-2-4-8-17)23(28)19-12-13-21(25-15-19)26-20-11-5-9-18-10-6-14-24-22(18)20/h2-15H,16H2,1H3,(H,25,26). The summed E-state index contributed by atoms with van der Waals surface area (Å²) in [7, 11) is 1.79. The zero-order valence-electron chi connectivity index (χ0n) is 15.5. The molecule has 2 heterocycles. The van der Waals surface area contributed by atoms with Crippen LogP contribution < -0.4 is 5.32 Å². The second-order valence-electron chi connectivity index (χ2n) is 6.58. The molecule has 138 valence electrons. The van der Waals surface area contributed by atoms with Crippen molar-refractivity contribution in [3.05, 3.63) is 96.3 Å². The molecule has 0 aliphatic carbocycles. The van der Waals surface area contributed by atoms with Gasteiger partial charge in [0.2, 0.25) is 0 Å². The fourth-order valence-electron chi connectivity index (χ4n) is 3.09. The Balaban J connectivity index is 1.48. The van der Waals surface area contributed by atoms with Gasteiger partial charge >= 0.3 is 0 Å². The molecular weight excluding hydrogens is 348 g/mol. The summed E-state index contributed by atoms with van der Waals surface area (Å²) >= 11 is 0. The molecule has 0 bridgehead atoms. The van der Waals surface area contributed by atoms with Crippen LogP contribution in [0.1, 0.15) is 15.9 Å². The highest BCUT2D eigenvalue weighted by molar-refractivity contribution is 5.94. The molecule has 0 aliphatic rings. The van der Waals surface area contributed by atoms with Gasteiger partial charge in [-0.05, 0) is 29.8 Å². The molecule has 5 heteroatoms. The molecule has 0 saturated carbocycles. The van der Waals surface area contributed by atoms with Gasteiger partial charge in [0, 0.05) is 31.4 Å². The summed E-state index contributed by atoms with van der Waals surface area (Å²) in [5.74, 6) is 0.607. The SMILES string of the molecule is CN(Cc1ccccc1)C(=O)c1ccc(Nc2cccc3cccnc23)nc1. The number of nitrogens with one attached hydrogen (secondary N) is 1. The number of aromatic nitrogens is 2. The number of nitrogens with zero attached hydrogens (tertiary/aromatic N) is 3. The minimum atomic E-state index is -0.0604. The summed E-state index contributed by atoms with van der Waals surface area (Å²) in [6.45, 7) is 0.557. The third-order valence-electron chi connectivity index (χ3n) is 4.52. The highest BCUT2D eigenvalue weighted by Gasteiger charge is 2.13. The van der Waals surface area contributed by atoms with E-state index in [0.29, 0.717) is 17.9 Å². The predicted molar refractivity (Wildman–Crippen MR) is 112 cm³/mol. The van der Waals surface area contributed by atoms with Crippen LogP contribution in [-0.2, 0) is 6.54 Å². The predicted octanol–water partition coefficient (Wildman–Crippen LogP) is 4.65. The Hall–Kier alpha value is -3.73. The van der Waals surface area contributed by atoms with Gasteiger partial charge in [0.1, 0.15) is 5.82 Å². The van der Waals surface area contributed by atoms with Gasteiger partial charge in [-0.1, -0.05) is 48.5 Å². The molecule has 0 unspecified atom stereocenters. The lowest BCUT2D eigenvalue weighted by Crippen LogP contribution is -2.26. The normalized spacial score (nSPS) is 10.6. The monoisotopic (exact) mass is 368 g/mol. The number of hydrogen-bond acceptors (Lipinski definition) is 4. The second kappa shape index (κ2) is 7.88. The Kier molecular flexibility index (Phi) is 4.97. The molecule has 28 heavy (non-hydrogen) atoms. The van der Waals surface area contributed by atoms with Crippen LogP contribution in [0.3, 0.4) is 0 Å². The summed E-state index contributed by atoms with van der Waals surface area (Å²) in [6, 6.07) is 23.4. The van der Waals surface area contributed by atoms with Crippen LogP contribution in [0.15, 0.2) is 85.2 Å². The number of rotatable bonds is 5. The molecule has 2 aromatic heterocycles.